The molecule has 4 rings (SSSR count). The summed E-state index contributed by atoms with van der Waals surface area (Å²) in [6.45, 7) is 0. The summed E-state index contributed by atoms with van der Waals surface area (Å²) in [5.74, 6) is 0.622. The summed E-state index contributed by atoms with van der Waals surface area (Å²) >= 11 is 0. The molecule has 0 aliphatic heterocycles. The van der Waals surface area contributed by atoms with Gasteiger partial charge in [-0.25, -0.2) is 0 Å². The van der Waals surface area contributed by atoms with Crippen LogP contribution in [0.3, 0.4) is 0 Å². The minimum atomic E-state index is 0.622. The van der Waals surface area contributed by atoms with Crippen molar-refractivity contribution in [3.63, 3.8) is 0 Å². The number of hydrogen-bond acceptors (Lipinski definition) is 3. The molecule has 0 atom stereocenters. The molecule has 20 heavy (non-hydrogen) atoms. The molecule has 0 saturated heterocycles. The molecule has 4 nitrogen and oxygen atoms in total. The molecule has 3 aromatic rings. The number of tetrazole rings is 1. The molecule has 0 fully saturated rings. The van der Waals surface area contributed by atoms with Crippen molar-refractivity contribution in [3.8, 4) is 22.5 Å². The van der Waals surface area contributed by atoms with E-state index in [0.717, 1.165) is 17.5 Å². The van der Waals surface area contributed by atoms with Gasteiger partial charge in [-0.3, -0.25) is 0 Å². The fraction of sp³-hybridized carbons (Fsp3) is 0.0625. The molecule has 2 aromatic carbocycles. The number of H-pyrrole nitrogens is 1. The first-order valence-electron chi connectivity index (χ1n) is 6.54. The molecule has 0 radical (unpaired) electrons. The zero-order chi connectivity index (χ0) is 13.4. The molecule has 1 N–H and O–H groups in total. The Bertz CT molecular complexity index is 788. The molecule has 1 heterocycles. The van der Waals surface area contributed by atoms with Crippen LogP contribution < -0.4 is 0 Å². The van der Waals surface area contributed by atoms with Crippen molar-refractivity contribution in [2.45, 2.75) is 6.42 Å². The lowest BCUT2D eigenvalue weighted by atomic mass is 9.96. The largest absolute Gasteiger partial charge is 0.205 e. The molecule has 1 aliphatic rings. The second kappa shape index (κ2) is 4.42. The van der Waals surface area contributed by atoms with Crippen molar-refractivity contribution < 1.29 is 0 Å². The average Bonchev–Trinajstić information content (AvgIpc) is 3.18. The summed E-state index contributed by atoms with van der Waals surface area (Å²) in [5, 5.41) is 14.3. The van der Waals surface area contributed by atoms with Gasteiger partial charge in [-0.05, 0) is 40.0 Å². The molecular weight excluding hydrogens is 248 g/mol. The van der Waals surface area contributed by atoms with Gasteiger partial charge in [0.2, 0.25) is 5.82 Å². The molecule has 0 unspecified atom stereocenters. The van der Waals surface area contributed by atoms with E-state index < -0.39 is 0 Å². The van der Waals surface area contributed by atoms with Gasteiger partial charge in [0.1, 0.15) is 0 Å². The van der Waals surface area contributed by atoms with Crippen LogP contribution in [0.1, 0.15) is 11.1 Å². The summed E-state index contributed by atoms with van der Waals surface area (Å²) in [6.07, 6.45) is 5.40. The fourth-order valence-electron chi connectivity index (χ4n) is 2.62. The monoisotopic (exact) mass is 260 g/mol. The Morgan fingerprint density at radius 3 is 2.75 bits per heavy atom. The summed E-state index contributed by atoms with van der Waals surface area (Å²) in [6, 6.07) is 14.7. The van der Waals surface area contributed by atoms with Gasteiger partial charge in [0, 0.05) is 5.56 Å². The number of aromatic amines is 1. The highest BCUT2D eigenvalue weighted by molar-refractivity contribution is 5.82. The predicted octanol–water partition coefficient (Wildman–Crippen LogP) is 3.10. The molecule has 0 spiro atoms. The van der Waals surface area contributed by atoms with E-state index >= 15 is 0 Å². The number of aromatic nitrogens is 4. The molecule has 1 aliphatic carbocycles. The Labute approximate surface area is 116 Å². The van der Waals surface area contributed by atoms with Gasteiger partial charge in [0.05, 0.1) is 0 Å². The number of allylic oxidation sites excluding steroid dienone is 1. The Balaban J connectivity index is 1.89. The zero-order valence-corrected chi connectivity index (χ0v) is 10.7. The minimum Gasteiger partial charge on any atom is -0.177 e. The second-order valence-electron chi connectivity index (χ2n) is 4.80. The topological polar surface area (TPSA) is 54.5 Å². The van der Waals surface area contributed by atoms with E-state index in [0.29, 0.717) is 5.82 Å². The Hall–Kier alpha value is -2.75. The van der Waals surface area contributed by atoms with E-state index in [1.807, 2.05) is 18.2 Å². The first-order valence-corrected chi connectivity index (χ1v) is 6.54. The third kappa shape index (κ3) is 1.73. The molecule has 96 valence electrons. The quantitative estimate of drug-likeness (QED) is 0.770. The summed E-state index contributed by atoms with van der Waals surface area (Å²) < 4.78 is 0. The number of nitrogens with one attached hydrogen (secondary N) is 1. The number of nitrogens with zero attached hydrogens (tertiary/aromatic N) is 3. The van der Waals surface area contributed by atoms with E-state index in [9.17, 15) is 0 Å². The average molecular weight is 260 g/mol. The third-order valence-corrected chi connectivity index (χ3v) is 3.61. The van der Waals surface area contributed by atoms with E-state index in [1.165, 1.54) is 16.7 Å². The lowest BCUT2D eigenvalue weighted by molar-refractivity contribution is 0.881. The van der Waals surface area contributed by atoms with Crippen LogP contribution in [0.15, 0.2) is 48.5 Å². The SMILES string of the molecule is C1=Cc2cc(-c3ccccc3-c3nn[nH]n3)ccc2C1. The number of rotatable bonds is 2. The maximum absolute atomic E-state index is 4.08. The first-order chi connectivity index (χ1) is 9.92. The summed E-state index contributed by atoms with van der Waals surface area (Å²) in [4.78, 5) is 0. The van der Waals surface area contributed by atoms with E-state index in [2.05, 4.69) is 57.0 Å². The van der Waals surface area contributed by atoms with Crippen LogP contribution in [0.2, 0.25) is 0 Å². The van der Waals surface area contributed by atoms with Gasteiger partial charge in [-0.15, -0.1) is 10.2 Å². The van der Waals surface area contributed by atoms with Crippen LogP contribution in [0.25, 0.3) is 28.6 Å². The van der Waals surface area contributed by atoms with Gasteiger partial charge >= 0.3 is 0 Å². The standard InChI is InChI=1S/C16H12N4/c1-2-7-15(16-17-19-20-18-16)14(6-1)13-9-8-11-4-3-5-12(11)10-13/h1-3,5-10H,4H2,(H,17,18,19,20). The Morgan fingerprint density at radius 2 is 1.90 bits per heavy atom. The smallest absolute Gasteiger partial charge is 0.177 e. The highest BCUT2D eigenvalue weighted by Gasteiger charge is 2.12. The second-order valence-corrected chi connectivity index (χ2v) is 4.80. The van der Waals surface area contributed by atoms with Crippen molar-refractivity contribution in [2.75, 3.05) is 0 Å². The van der Waals surface area contributed by atoms with E-state index in [-0.39, 0.29) is 0 Å². The van der Waals surface area contributed by atoms with Gasteiger partial charge in [0.25, 0.3) is 0 Å². The van der Waals surface area contributed by atoms with Gasteiger partial charge < -0.3 is 0 Å². The molecule has 0 amide bonds. The number of fused-ring (bicyclic) bond motifs is 1. The maximum Gasteiger partial charge on any atom is 0.205 e. The van der Waals surface area contributed by atoms with Crippen molar-refractivity contribution in [1.29, 1.82) is 0 Å². The summed E-state index contributed by atoms with van der Waals surface area (Å²) in [5.41, 5.74) is 5.96. The number of benzene rings is 2. The Kier molecular flexibility index (Phi) is 2.45. The van der Waals surface area contributed by atoms with Crippen molar-refractivity contribution in [3.05, 3.63) is 59.7 Å². The minimum absolute atomic E-state index is 0.622. The van der Waals surface area contributed by atoms with E-state index in [1.54, 1.807) is 0 Å². The first kappa shape index (κ1) is 11.1. The highest BCUT2D eigenvalue weighted by atomic mass is 15.5. The predicted molar refractivity (Wildman–Crippen MR) is 77.8 cm³/mol. The molecule has 0 saturated carbocycles. The normalized spacial score (nSPS) is 12.6. The maximum atomic E-state index is 4.08. The van der Waals surface area contributed by atoms with Crippen LogP contribution in [0, 0.1) is 0 Å². The Morgan fingerprint density at radius 1 is 1.00 bits per heavy atom. The molecule has 4 heteroatoms. The molecular formula is C16H12N4. The van der Waals surface area contributed by atoms with Crippen LogP contribution in [0.5, 0.6) is 0 Å². The van der Waals surface area contributed by atoms with Crippen molar-refractivity contribution in [1.82, 2.24) is 20.6 Å². The lowest BCUT2D eigenvalue weighted by Gasteiger charge is -2.08. The van der Waals surface area contributed by atoms with Crippen LogP contribution in [-0.4, -0.2) is 20.6 Å². The fourth-order valence-corrected chi connectivity index (χ4v) is 2.62. The number of hydrogen-bond donors (Lipinski definition) is 1. The van der Waals surface area contributed by atoms with Crippen molar-refractivity contribution in [2.24, 2.45) is 0 Å². The zero-order valence-electron chi connectivity index (χ0n) is 10.7. The van der Waals surface area contributed by atoms with Crippen LogP contribution in [-0.2, 0) is 6.42 Å². The van der Waals surface area contributed by atoms with Gasteiger partial charge in [0.15, 0.2) is 0 Å². The van der Waals surface area contributed by atoms with Gasteiger partial charge in [-0.1, -0.05) is 48.6 Å². The van der Waals surface area contributed by atoms with Gasteiger partial charge in [-0.2, -0.15) is 5.21 Å². The molecule has 1 aromatic heterocycles. The van der Waals surface area contributed by atoms with E-state index in [4.69, 9.17) is 0 Å². The highest BCUT2D eigenvalue weighted by Crippen LogP contribution is 2.32. The van der Waals surface area contributed by atoms with Crippen LogP contribution in [0.4, 0.5) is 0 Å². The lowest BCUT2D eigenvalue weighted by Crippen LogP contribution is -1.89. The van der Waals surface area contributed by atoms with Crippen LogP contribution >= 0.6 is 0 Å². The van der Waals surface area contributed by atoms with Crippen molar-refractivity contribution >= 4 is 6.08 Å². The summed E-state index contributed by atoms with van der Waals surface area (Å²) in [7, 11) is 0. The molecule has 0 bridgehead atoms. The third-order valence-electron chi connectivity index (χ3n) is 3.61.